The molecule has 2 aromatic heterocycles. The first-order valence-electron chi connectivity index (χ1n) is 10.0. The van der Waals surface area contributed by atoms with Gasteiger partial charge in [-0.25, -0.2) is 4.39 Å². The molecule has 3 aromatic rings. The molecule has 1 unspecified atom stereocenters. The maximum atomic E-state index is 13.5. The van der Waals surface area contributed by atoms with Crippen LogP contribution in [0.2, 0.25) is 0 Å². The lowest BCUT2D eigenvalue weighted by Gasteiger charge is -2.29. The van der Waals surface area contributed by atoms with Crippen LogP contribution in [0.1, 0.15) is 30.5 Å². The SMILES string of the molecule is Cc1[nH]c(-c2ccc(F)cc2)c(-c2ccncc2)c1C1=CC2CCCN2CC1. The van der Waals surface area contributed by atoms with Crippen LogP contribution in [0.5, 0.6) is 0 Å². The van der Waals surface area contributed by atoms with Crippen molar-refractivity contribution in [2.24, 2.45) is 0 Å². The van der Waals surface area contributed by atoms with Gasteiger partial charge in [-0.15, -0.1) is 0 Å². The van der Waals surface area contributed by atoms with Crippen LogP contribution < -0.4 is 0 Å². The number of hydrogen-bond donors (Lipinski definition) is 1. The molecule has 28 heavy (non-hydrogen) atoms. The maximum absolute atomic E-state index is 13.5. The van der Waals surface area contributed by atoms with Crippen molar-refractivity contribution in [2.75, 3.05) is 13.1 Å². The van der Waals surface area contributed by atoms with Gasteiger partial charge in [0.25, 0.3) is 0 Å². The molecule has 1 atom stereocenters. The molecular formula is C24H24FN3. The van der Waals surface area contributed by atoms with Gasteiger partial charge in [-0.2, -0.15) is 0 Å². The minimum Gasteiger partial charge on any atom is -0.358 e. The molecule has 0 aliphatic carbocycles. The molecule has 1 fully saturated rings. The first-order chi connectivity index (χ1) is 13.7. The number of pyridine rings is 1. The van der Waals surface area contributed by atoms with Crippen molar-refractivity contribution in [1.29, 1.82) is 0 Å². The second-order valence-electron chi connectivity index (χ2n) is 7.81. The van der Waals surface area contributed by atoms with Crippen LogP contribution in [0.4, 0.5) is 4.39 Å². The Morgan fingerprint density at radius 2 is 1.79 bits per heavy atom. The number of aromatic amines is 1. The first-order valence-corrected chi connectivity index (χ1v) is 10.0. The third kappa shape index (κ3) is 2.98. The number of nitrogens with one attached hydrogen (secondary N) is 1. The Hall–Kier alpha value is -2.72. The van der Waals surface area contributed by atoms with E-state index in [9.17, 15) is 4.39 Å². The zero-order valence-corrected chi connectivity index (χ0v) is 16.1. The van der Waals surface area contributed by atoms with Crippen molar-refractivity contribution in [3.63, 3.8) is 0 Å². The second kappa shape index (κ2) is 7.02. The number of halogens is 1. The summed E-state index contributed by atoms with van der Waals surface area (Å²) in [6, 6.07) is 11.4. The largest absolute Gasteiger partial charge is 0.358 e. The van der Waals surface area contributed by atoms with Gasteiger partial charge < -0.3 is 4.98 Å². The number of H-pyrrole nitrogens is 1. The lowest BCUT2D eigenvalue weighted by atomic mass is 9.89. The second-order valence-corrected chi connectivity index (χ2v) is 7.81. The van der Waals surface area contributed by atoms with Crippen LogP contribution in [-0.2, 0) is 0 Å². The Bertz CT molecular complexity index is 1020. The molecule has 0 radical (unpaired) electrons. The van der Waals surface area contributed by atoms with E-state index in [0.29, 0.717) is 6.04 Å². The van der Waals surface area contributed by atoms with Gasteiger partial charge in [-0.05, 0) is 85.8 Å². The molecule has 3 nitrogen and oxygen atoms in total. The van der Waals surface area contributed by atoms with Crippen molar-refractivity contribution in [3.05, 3.63) is 71.9 Å². The summed E-state index contributed by atoms with van der Waals surface area (Å²) in [6.07, 6.45) is 9.76. The van der Waals surface area contributed by atoms with E-state index in [1.54, 1.807) is 0 Å². The van der Waals surface area contributed by atoms with Gasteiger partial charge >= 0.3 is 0 Å². The summed E-state index contributed by atoms with van der Waals surface area (Å²) in [5.74, 6) is -0.214. The molecule has 2 aliphatic heterocycles. The summed E-state index contributed by atoms with van der Waals surface area (Å²) >= 11 is 0. The maximum Gasteiger partial charge on any atom is 0.123 e. The quantitative estimate of drug-likeness (QED) is 0.663. The van der Waals surface area contributed by atoms with Crippen LogP contribution in [0, 0.1) is 12.7 Å². The smallest absolute Gasteiger partial charge is 0.123 e. The first kappa shape index (κ1) is 17.4. The number of rotatable bonds is 3. The normalized spacial score (nSPS) is 19.5. The standard InChI is InChI=1S/C24H24FN3/c1-16-22(19-10-14-28-13-2-3-21(28)15-19)23(17-8-11-26-12-9-17)24(27-16)18-4-6-20(25)7-5-18/h4-9,11-12,15,21,27H,2-3,10,13-14H2,1H3. The summed E-state index contributed by atoms with van der Waals surface area (Å²) in [5, 5.41) is 0. The Morgan fingerprint density at radius 1 is 1.00 bits per heavy atom. The van der Waals surface area contributed by atoms with E-state index in [1.165, 1.54) is 53.9 Å². The molecule has 0 saturated carbocycles. The number of benzene rings is 1. The molecule has 1 aromatic carbocycles. The highest BCUT2D eigenvalue weighted by Crippen LogP contribution is 2.42. The highest BCUT2D eigenvalue weighted by Gasteiger charge is 2.29. The minimum atomic E-state index is -0.214. The fourth-order valence-electron chi connectivity index (χ4n) is 4.77. The lowest BCUT2D eigenvalue weighted by Crippen LogP contribution is -2.32. The average molecular weight is 373 g/mol. The third-order valence-electron chi connectivity index (χ3n) is 6.09. The molecular weight excluding hydrogens is 349 g/mol. The van der Waals surface area contributed by atoms with Crippen LogP contribution in [-0.4, -0.2) is 34.0 Å². The van der Waals surface area contributed by atoms with Gasteiger partial charge in [-0.3, -0.25) is 9.88 Å². The van der Waals surface area contributed by atoms with Gasteiger partial charge in [0.1, 0.15) is 5.82 Å². The minimum absolute atomic E-state index is 0.214. The third-order valence-corrected chi connectivity index (χ3v) is 6.09. The van der Waals surface area contributed by atoms with E-state index in [1.807, 2.05) is 24.5 Å². The van der Waals surface area contributed by atoms with Crippen LogP contribution in [0.25, 0.3) is 28.0 Å². The van der Waals surface area contributed by atoms with Crippen molar-refractivity contribution in [2.45, 2.75) is 32.2 Å². The van der Waals surface area contributed by atoms with Crippen LogP contribution >= 0.6 is 0 Å². The van der Waals surface area contributed by atoms with Crippen LogP contribution in [0.3, 0.4) is 0 Å². The topological polar surface area (TPSA) is 31.9 Å². The molecule has 1 saturated heterocycles. The monoisotopic (exact) mass is 373 g/mol. The molecule has 0 amide bonds. The van der Waals surface area contributed by atoms with Crippen LogP contribution in [0.15, 0.2) is 54.9 Å². The summed E-state index contributed by atoms with van der Waals surface area (Å²) in [5.41, 5.74) is 8.29. The number of aryl methyl sites for hydroxylation is 1. The predicted octanol–water partition coefficient (Wildman–Crippen LogP) is 5.44. The van der Waals surface area contributed by atoms with E-state index in [0.717, 1.165) is 29.8 Å². The number of aromatic nitrogens is 2. The molecule has 5 rings (SSSR count). The molecule has 0 bridgehead atoms. The highest BCUT2D eigenvalue weighted by molar-refractivity contribution is 5.92. The summed E-state index contributed by atoms with van der Waals surface area (Å²) in [7, 11) is 0. The van der Waals surface area contributed by atoms with Crippen molar-refractivity contribution in [3.8, 4) is 22.4 Å². The van der Waals surface area contributed by atoms with Gasteiger partial charge in [-0.1, -0.05) is 6.08 Å². The summed E-state index contributed by atoms with van der Waals surface area (Å²) in [6.45, 7) is 4.50. The predicted molar refractivity (Wildman–Crippen MR) is 111 cm³/mol. The number of nitrogens with zero attached hydrogens (tertiary/aromatic N) is 2. The lowest BCUT2D eigenvalue weighted by molar-refractivity contribution is 0.288. The van der Waals surface area contributed by atoms with E-state index in [4.69, 9.17) is 0 Å². The van der Waals surface area contributed by atoms with Gasteiger partial charge in [0, 0.05) is 41.8 Å². The van der Waals surface area contributed by atoms with E-state index >= 15 is 0 Å². The van der Waals surface area contributed by atoms with E-state index in [-0.39, 0.29) is 5.82 Å². The Balaban J connectivity index is 1.70. The zero-order chi connectivity index (χ0) is 19.1. The molecule has 0 spiro atoms. The Morgan fingerprint density at radius 3 is 2.57 bits per heavy atom. The number of hydrogen-bond acceptors (Lipinski definition) is 2. The Labute approximate surface area is 164 Å². The number of fused-ring (bicyclic) bond motifs is 1. The molecule has 2 aliphatic rings. The molecule has 4 heteroatoms. The summed E-state index contributed by atoms with van der Waals surface area (Å²) in [4.78, 5) is 10.4. The zero-order valence-electron chi connectivity index (χ0n) is 16.1. The molecule has 1 N–H and O–H groups in total. The Kier molecular flexibility index (Phi) is 4.36. The van der Waals surface area contributed by atoms with Crippen molar-refractivity contribution < 1.29 is 4.39 Å². The highest BCUT2D eigenvalue weighted by atomic mass is 19.1. The average Bonchev–Trinajstić information content (AvgIpc) is 3.32. The van der Waals surface area contributed by atoms with Crippen molar-refractivity contribution in [1.82, 2.24) is 14.9 Å². The van der Waals surface area contributed by atoms with Gasteiger partial charge in [0.15, 0.2) is 0 Å². The fraction of sp³-hybridized carbons (Fsp3) is 0.292. The van der Waals surface area contributed by atoms with Crippen molar-refractivity contribution >= 4 is 5.57 Å². The molecule has 4 heterocycles. The van der Waals surface area contributed by atoms with E-state index in [2.05, 4.69) is 40.0 Å². The fourth-order valence-corrected chi connectivity index (χ4v) is 4.77. The molecule has 142 valence electrons. The van der Waals surface area contributed by atoms with Gasteiger partial charge in [0.05, 0.1) is 5.69 Å². The van der Waals surface area contributed by atoms with Gasteiger partial charge in [0.2, 0.25) is 0 Å². The summed E-state index contributed by atoms with van der Waals surface area (Å²) < 4.78 is 13.5. The van der Waals surface area contributed by atoms with E-state index < -0.39 is 0 Å².